The largest absolute Gasteiger partial charge is 0.454 e. The van der Waals surface area contributed by atoms with Crippen molar-refractivity contribution in [2.75, 3.05) is 12.1 Å². The number of rotatable bonds is 4. The minimum atomic E-state index is -0.209. The van der Waals surface area contributed by atoms with Crippen LogP contribution in [0.5, 0.6) is 11.5 Å². The van der Waals surface area contributed by atoms with Crippen molar-refractivity contribution in [2.24, 2.45) is 0 Å². The monoisotopic (exact) mass is 323 g/mol. The van der Waals surface area contributed by atoms with Crippen LogP contribution in [0.2, 0.25) is 0 Å². The van der Waals surface area contributed by atoms with E-state index in [-0.39, 0.29) is 19.1 Å². The maximum Gasteiger partial charge on any atom is 0.231 e. The first-order chi connectivity index (χ1) is 11.8. The van der Waals surface area contributed by atoms with Crippen molar-refractivity contribution in [3.05, 3.63) is 54.4 Å². The second kappa shape index (κ2) is 6.04. The van der Waals surface area contributed by atoms with Gasteiger partial charge in [-0.3, -0.25) is 4.79 Å². The molecule has 0 atom stereocenters. The second-order valence-corrected chi connectivity index (χ2v) is 5.19. The predicted molar refractivity (Wildman–Crippen MR) is 84.6 cm³/mol. The molecule has 1 aliphatic rings. The molecular weight excluding hydrogens is 310 g/mol. The van der Waals surface area contributed by atoms with Gasteiger partial charge in [0, 0.05) is 17.8 Å². The molecule has 1 aliphatic heterocycles. The van der Waals surface area contributed by atoms with E-state index in [9.17, 15) is 4.79 Å². The third kappa shape index (κ3) is 2.91. The van der Waals surface area contributed by atoms with Gasteiger partial charge in [-0.15, -0.1) is 0 Å². The Balaban J connectivity index is 1.46. The summed E-state index contributed by atoms with van der Waals surface area (Å²) in [6.45, 7) is 0.216. The van der Waals surface area contributed by atoms with E-state index < -0.39 is 0 Å². The fourth-order valence-corrected chi connectivity index (χ4v) is 2.37. The van der Waals surface area contributed by atoms with E-state index in [1.54, 1.807) is 30.5 Å². The first-order valence-electron chi connectivity index (χ1n) is 7.34. The zero-order chi connectivity index (χ0) is 16.4. The van der Waals surface area contributed by atoms with Crippen LogP contribution < -0.4 is 14.8 Å². The van der Waals surface area contributed by atoms with Gasteiger partial charge in [0.25, 0.3) is 0 Å². The number of fused-ring (bicyclic) bond motifs is 1. The van der Waals surface area contributed by atoms with Gasteiger partial charge in [0.05, 0.1) is 12.1 Å². The molecule has 3 aromatic rings. The van der Waals surface area contributed by atoms with E-state index in [1.807, 2.05) is 18.2 Å². The highest BCUT2D eigenvalue weighted by Gasteiger charge is 2.16. The van der Waals surface area contributed by atoms with E-state index in [0.29, 0.717) is 28.8 Å². The number of aromatic nitrogens is 2. The molecule has 0 bridgehead atoms. The standard InChI is InChI=1S/C17H13N3O4/c21-17(19-16-3-1-2-6-18-16)9-12-8-14(24-20-12)11-4-5-13-15(7-11)23-10-22-13/h1-8H,9-10H2,(H,18,19,21). The zero-order valence-electron chi connectivity index (χ0n) is 12.6. The molecule has 120 valence electrons. The van der Waals surface area contributed by atoms with E-state index in [2.05, 4.69) is 15.5 Å². The van der Waals surface area contributed by atoms with Crippen molar-refractivity contribution in [2.45, 2.75) is 6.42 Å². The Morgan fingerprint density at radius 3 is 2.92 bits per heavy atom. The number of pyridine rings is 1. The Labute approximate surface area is 137 Å². The molecule has 4 rings (SSSR count). The van der Waals surface area contributed by atoms with E-state index in [4.69, 9.17) is 14.0 Å². The molecule has 0 radical (unpaired) electrons. The first kappa shape index (κ1) is 14.3. The molecular formula is C17H13N3O4. The van der Waals surface area contributed by atoms with Gasteiger partial charge in [-0.05, 0) is 30.3 Å². The summed E-state index contributed by atoms with van der Waals surface area (Å²) >= 11 is 0. The number of benzene rings is 1. The topological polar surface area (TPSA) is 86.5 Å². The lowest BCUT2D eigenvalue weighted by atomic mass is 10.1. The average Bonchev–Trinajstić information content (AvgIpc) is 3.24. The molecule has 0 saturated heterocycles. The van der Waals surface area contributed by atoms with Crippen LogP contribution in [0.1, 0.15) is 5.69 Å². The van der Waals surface area contributed by atoms with Crippen molar-refractivity contribution in [1.29, 1.82) is 0 Å². The summed E-state index contributed by atoms with van der Waals surface area (Å²) in [7, 11) is 0. The van der Waals surface area contributed by atoms with Crippen LogP contribution in [0.15, 0.2) is 53.2 Å². The number of nitrogens with one attached hydrogen (secondary N) is 1. The van der Waals surface area contributed by atoms with E-state index >= 15 is 0 Å². The highest BCUT2D eigenvalue weighted by atomic mass is 16.7. The van der Waals surface area contributed by atoms with Crippen molar-refractivity contribution in [3.8, 4) is 22.8 Å². The summed E-state index contributed by atoms with van der Waals surface area (Å²) in [5, 5.41) is 6.64. The number of carbonyl (C=O) groups is 1. The molecule has 7 nitrogen and oxygen atoms in total. The first-order valence-corrected chi connectivity index (χ1v) is 7.34. The Kier molecular flexibility index (Phi) is 3.59. The molecule has 1 amide bonds. The maximum absolute atomic E-state index is 12.0. The summed E-state index contributed by atoms with van der Waals surface area (Å²) in [6.07, 6.45) is 1.72. The normalized spacial score (nSPS) is 12.2. The van der Waals surface area contributed by atoms with Crippen LogP contribution in [0.3, 0.4) is 0 Å². The lowest BCUT2D eigenvalue weighted by Crippen LogP contribution is -2.15. The van der Waals surface area contributed by atoms with Gasteiger partial charge >= 0.3 is 0 Å². The third-order valence-electron chi connectivity index (χ3n) is 3.49. The molecule has 0 saturated carbocycles. The summed E-state index contributed by atoms with van der Waals surface area (Å²) in [5.41, 5.74) is 1.35. The molecule has 0 fully saturated rings. The van der Waals surface area contributed by atoms with Crippen LogP contribution in [0.25, 0.3) is 11.3 Å². The quantitative estimate of drug-likeness (QED) is 0.794. The highest BCUT2D eigenvalue weighted by molar-refractivity contribution is 5.91. The molecule has 2 aromatic heterocycles. The van der Waals surface area contributed by atoms with Crippen molar-refractivity contribution < 1.29 is 18.8 Å². The van der Waals surface area contributed by atoms with Crippen molar-refractivity contribution in [1.82, 2.24) is 10.1 Å². The molecule has 0 spiro atoms. The fourth-order valence-electron chi connectivity index (χ4n) is 2.37. The summed E-state index contributed by atoms with van der Waals surface area (Å²) in [6, 6.07) is 12.5. The van der Waals surface area contributed by atoms with Gasteiger partial charge in [-0.25, -0.2) is 4.98 Å². The van der Waals surface area contributed by atoms with Gasteiger partial charge < -0.3 is 19.3 Å². The SMILES string of the molecule is O=C(Cc1cc(-c2ccc3c(c2)OCO3)on1)Nc1ccccn1. The predicted octanol–water partition coefficient (Wildman–Crippen LogP) is 2.65. The van der Waals surface area contributed by atoms with Crippen LogP contribution in [0.4, 0.5) is 5.82 Å². The van der Waals surface area contributed by atoms with Crippen LogP contribution >= 0.6 is 0 Å². The second-order valence-electron chi connectivity index (χ2n) is 5.19. The molecule has 0 aliphatic carbocycles. The van der Waals surface area contributed by atoms with E-state index in [0.717, 1.165) is 5.56 Å². The zero-order valence-corrected chi connectivity index (χ0v) is 12.6. The van der Waals surface area contributed by atoms with Crippen LogP contribution in [0, 0.1) is 0 Å². The number of hydrogen-bond acceptors (Lipinski definition) is 6. The number of anilines is 1. The lowest BCUT2D eigenvalue weighted by Gasteiger charge is -2.01. The molecule has 0 unspecified atom stereocenters. The Morgan fingerprint density at radius 1 is 1.12 bits per heavy atom. The van der Waals surface area contributed by atoms with Crippen molar-refractivity contribution >= 4 is 11.7 Å². The fraction of sp³-hybridized carbons (Fsp3) is 0.118. The highest BCUT2D eigenvalue weighted by Crippen LogP contribution is 2.36. The minimum absolute atomic E-state index is 0.102. The van der Waals surface area contributed by atoms with Gasteiger partial charge in [-0.1, -0.05) is 11.2 Å². The molecule has 3 heterocycles. The smallest absolute Gasteiger partial charge is 0.231 e. The number of amides is 1. The van der Waals surface area contributed by atoms with Gasteiger partial charge in [0.1, 0.15) is 5.82 Å². The third-order valence-corrected chi connectivity index (χ3v) is 3.49. The molecule has 1 aromatic carbocycles. The average molecular weight is 323 g/mol. The number of ether oxygens (including phenoxy) is 2. The minimum Gasteiger partial charge on any atom is -0.454 e. The van der Waals surface area contributed by atoms with Crippen molar-refractivity contribution in [3.63, 3.8) is 0 Å². The summed E-state index contributed by atoms with van der Waals surface area (Å²) in [5.74, 6) is 2.22. The molecule has 1 N–H and O–H groups in total. The Hall–Kier alpha value is -3.35. The number of nitrogens with zero attached hydrogens (tertiary/aromatic N) is 2. The number of carbonyl (C=O) groups excluding carboxylic acids is 1. The van der Waals surface area contributed by atoms with Gasteiger partial charge in [0.15, 0.2) is 17.3 Å². The van der Waals surface area contributed by atoms with Gasteiger partial charge in [0.2, 0.25) is 12.7 Å². The lowest BCUT2D eigenvalue weighted by molar-refractivity contribution is -0.115. The Bertz CT molecular complexity index is 877. The molecule has 24 heavy (non-hydrogen) atoms. The Morgan fingerprint density at radius 2 is 2.04 bits per heavy atom. The summed E-state index contributed by atoms with van der Waals surface area (Å²) in [4.78, 5) is 16.1. The van der Waals surface area contributed by atoms with Gasteiger partial charge in [-0.2, -0.15) is 0 Å². The molecule has 7 heteroatoms. The van der Waals surface area contributed by atoms with Crippen LogP contribution in [-0.2, 0) is 11.2 Å². The summed E-state index contributed by atoms with van der Waals surface area (Å²) < 4.78 is 15.9. The maximum atomic E-state index is 12.0. The van der Waals surface area contributed by atoms with E-state index in [1.165, 1.54) is 0 Å². The number of hydrogen-bond donors (Lipinski definition) is 1. The van der Waals surface area contributed by atoms with Crippen LogP contribution in [-0.4, -0.2) is 22.8 Å².